The van der Waals surface area contributed by atoms with Gasteiger partial charge in [0.15, 0.2) is 23.1 Å². The highest BCUT2D eigenvalue weighted by molar-refractivity contribution is 6.12. The standard InChI is InChI=1S/C47H31N5O/c1-47(2)37-18-8-6-14-31(37)36-26-29(22-24-38(36)47)44-49-43(28-12-4-3-5-13-28)50-45(51-44)30-21-23-33-34-16-10-20-40(42(34)53-41(33)27-30)52-39-19-9-7-15-32(39)35-17-11-25-48-46(35)52/h3-27H,1-2H3. The normalized spacial score (nSPS) is 13.2. The van der Waals surface area contributed by atoms with Gasteiger partial charge in [-0.25, -0.2) is 19.9 Å². The van der Waals surface area contributed by atoms with Crippen molar-refractivity contribution >= 4 is 43.9 Å². The molecule has 0 unspecified atom stereocenters. The lowest BCUT2D eigenvalue weighted by Crippen LogP contribution is -2.14. The Morgan fingerprint density at radius 1 is 0.509 bits per heavy atom. The first-order chi connectivity index (χ1) is 26.0. The van der Waals surface area contributed by atoms with E-state index >= 15 is 0 Å². The van der Waals surface area contributed by atoms with Crippen LogP contribution in [0.3, 0.4) is 0 Å². The number of hydrogen-bond acceptors (Lipinski definition) is 5. The number of pyridine rings is 1. The quantitative estimate of drug-likeness (QED) is 0.185. The van der Waals surface area contributed by atoms with E-state index < -0.39 is 0 Å². The molecular formula is C47H31N5O. The van der Waals surface area contributed by atoms with Gasteiger partial charge < -0.3 is 4.42 Å². The van der Waals surface area contributed by atoms with Crippen molar-refractivity contribution in [2.24, 2.45) is 0 Å². The number of nitrogens with zero attached hydrogens (tertiary/aromatic N) is 5. The van der Waals surface area contributed by atoms with E-state index in [9.17, 15) is 0 Å². The van der Waals surface area contributed by atoms with Crippen LogP contribution in [0, 0.1) is 0 Å². The third-order valence-electron chi connectivity index (χ3n) is 10.9. The summed E-state index contributed by atoms with van der Waals surface area (Å²) < 4.78 is 8.99. The molecule has 0 N–H and O–H groups in total. The SMILES string of the molecule is CC1(C)c2ccccc2-c2cc(-c3nc(-c4ccccc4)nc(-c4ccc5c(c4)oc4c(-n6c7ccccc7c7cccnc76)cccc45)n3)ccc21. The maximum Gasteiger partial charge on any atom is 0.164 e. The van der Waals surface area contributed by atoms with Crippen LogP contribution in [-0.2, 0) is 5.41 Å². The fourth-order valence-electron chi connectivity index (χ4n) is 8.35. The summed E-state index contributed by atoms with van der Waals surface area (Å²) in [4.78, 5) is 20.0. The zero-order valence-electron chi connectivity index (χ0n) is 29.1. The van der Waals surface area contributed by atoms with Gasteiger partial charge in [-0.1, -0.05) is 117 Å². The van der Waals surface area contributed by atoms with E-state index in [0.717, 1.165) is 66.3 Å². The fraction of sp³-hybridized carbons (Fsp3) is 0.0638. The van der Waals surface area contributed by atoms with Crippen molar-refractivity contribution in [3.05, 3.63) is 163 Å². The van der Waals surface area contributed by atoms with E-state index in [-0.39, 0.29) is 5.41 Å². The van der Waals surface area contributed by atoms with Crippen LogP contribution in [0.25, 0.3) is 94.9 Å². The lowest BCUT2D eigenvalue weighted by molar-refractivity contribution is 0.660. The lowest BCUT2D eigenvalue weighted by atomic mass is 9.82. The zero-order valence-corrected chi connectivity index (χ0v) is 29.1. The zero-order chi connectivity index (χ0) is 35.3. The van der Waals surface area contributed by atoms with Crippen LogP contribution in [0.4, 0.5) is 0 Å². The van der Waals surface area contributed by atoms with Gasteiger partial charge in [0.25, 0.3) is 0 Å². The highest BCUT2D eigenvalue weighted by atomic mass is 16.3. The second kappa shape index (κ2) is 11.0. The summed E-state index contributed by atoms with van der Waals surface area (Å²) in [5, 5.41) is 4.32. The molecule has 6 heteroatoms. The van der Waals surface area contributed by atoms with Crippen molar-refractivity contribution in [1.29, 1.82) is 0 Å². The summed E-state index contributed by atoms with van der Waals surface area (Å²) in [7, 11) is 0. The average molecular weight is 682 g/mol. The first-order valence-corrected chi connectivity index (χ1v) is 17.9. The van der Waals surface area contributed by atoms with Crippen LogP contribution in [0.15, 0.2) is 156 Å². The van der Waals surface area contributed by atoms with Gasteiger partial charge in [-0.3, -0.25) is 4.57 Å². The number of para-hydroxylation sites is 2. The second-order valence-corrected chi connectivity index (χ2v) is 14.3. The molecule has 0 bridgehead atoms. The molecule has 0 aliphatic heterocycles. The highest BCUT2D eigenvalue weighted by Crippen LogP contribution is 2.49. The second-order valence-electron chi connectivity index (χ2n) is 14.3. The molecule has 0 saturated heterocycles. The Labute approximate surface area is 305 Å². The van der Waals surface area contributed by atoms with Gasteiger partial charge in [-0.2, -0.15) is 0 Å². The number of hydrogen-bond donors (Lipinski definition) is 0. The van der Waals surface area contributed by atoms with E-state index in [2.05, 4.69) is 128 Å². The molecule has 6 nitrogen and oxygen atoms in total. The fourth-order valence-corrected chi connectivity index (χ4v) is 8.35. The topological polar surface area (TPSA) is 69.6 Å². The molecular weight excluding hydrogens is 651 g/mol. The van der Waals surface area contributed by atoms with E-state index in [4.69, 9.17) is 24.4 Å². The molecule has 0 radical (unpaired) electrons. The van der Waals surface area contributed by atoms with E-state index in [0.29, 0.717) is 17.5 Å². The molecule has 0 saturated carbocycles. The lowest BCUT2D eigenvalue weighted by Gasteiger charge is -2.21. The summed E-state index contributed by atoms with van der Waals surface area (Å²) in [5.74, 6) is 1.84. The van der Waals surface area contributed by atoms with Crippen LogP contribution in [0.2, 0.25) is 0 Å². The third-order valence-corrected chi connectivity index (χ3v) is 10.9. The predicted octanol–water partition coefficient (Wildman–Crippen LogP) is 11.6. The van der Waals surface area contributed by atoms with Gasteiger partial charge in [0.05, 0.1) is 11.2 Å². The molecule has 10 aromatic rings. The third kappa shape index (κ3) is 4.39. The Balaban J connectivity index is 1.09. The van der Waals surface area contributed by atoms with Crippen molar-refractivity contribution < 1.29 is 4.42 Å². The van der Waals surface area contributed by atoms with Crippen LogP contribution >= 0.6 is 0 Å². The molecule has 1 aliphatic carbocycles. The van der Waals surface area contributed by atoms with Gasteiger partial charge in [0.2, 0.25) is 0 Å². The number of rotatable bonds is 4. The first kappa shape index (κ1) is 29.8. The van der Waals surface area contributed by atoms with Gasteiger partial charge in [-0.05, 0) is 64.7 Å². The molecule has 6 aromatic carbocycles. The van der Waals surface area contributed by atoms with Crippen molar-refractivity contribution in [2.45, 2.75) is 19.3 Å². The molecule has 11 rings (SSSR count). The monoisotopic (exact) mass is 681 g/mol. The Bertz CT molecular complexity index is 3050. The van der Waals surface area contributed by atoms with Gasteiger partial charge in [0, 0.05) is 49.8 Å². The number of benzene rings is 6. The molecule has 53 heavy (non-hydrogen) atoms. The van der Waals surface area contributed by atoms with E-state index in [1.54, 1.807) is 0 Å². The predicted molar refractivity (Wildman–Crippen MR) is 213 cm³/mol. The largest absolute Gasteiger partial charge is 0.454 e. The van der Waals surface area contributed by atoms with Crippen molar-refractivity contribution in [2.75, 3.05) is 0 Å². The van der Waals surface area contributed by atoms with Gasteiger partial charge >= 0.3 is 0 Å². The van der Waals surface area contributed by atoms with Crippen molar-refractivity contribution in [1.82, 2.24) is 24.5 Å². The summed E-state index contributed by atoms with van der Waals surface area (Å²) in [5.41, 5.74) is 12.3. The maximum absolute atomic E-state index is 6.78. The smallest absolute Gasteiger partial charge is 0.164 e. The van der Waals surface area contributed by atoms with Crippen molar-refractivity contribution in [3.8, 4) is 51.0 Å². The number of fused-ring (bicyclic) bond motifs is 9. The minimum Gasteiger partial charge on any atom is -0.454 e. The maximum atomic E-state index is 6.78. The van der Waals surface area contributed by atoms with Crippen LogP contribution < -0.4 is 0 Å². The molecule has 4 heterocycles. The minimum atomic E-state index is -0.0795. The summed E-state index contributed by atoms with van der Waals surface area (Å²) in [6.45, 7) is 4.59. The highest BCUT2D eigenvalue weighted by Gasteiger charge is 2.35. The molecule has 0 fully saturated rings. The molecule has 4 aromatic heterocycles. The summed E-state index contributed by atoms with van der Waals surface area (Å²) >= 11 is 0. The van der Waals surface area contributed by atoms with Gasteiger partial charge in [0.1, 0.15) is 11.2 Å². The van der Waals surface area contributed by atoms with E-state index in [1.165, 1.54) is 22.3 Å². The van der Waals surface area contributed by atoms with Gasteiger partial charge in [-0.15, -0.1) is 0 Å². The number of aromatic nitrogens is 5. The molecule has 0 amide bonds. The van der Waals surface area contributed by atoms with Crippen LogP contribution in [-0.4, -0.2) is 24.5 Å². The number of furan rings is 1. The molecule has 250 valence electrons. The Morgan fingerprint density at radius 2 is 1.19 bits per heavy atom. The first-order valence-electron chi connectivity index (χ1n) is 17.9. The molecule has 0 atom stereocenters. The Kier molecular flexibility index (Phi) is 6.20. The Hall–Kier alpha value is -6.92. The van der Waals surface area contributed by atoms with E-state index in [1.807, 2.05) is 42.6 Å². The molecule has 0 spiro atoms. The van der Waals surface area contributed by atoms with Crippen LogP contribution in [0.5, 0.6) is 0 Å². The average Bonchev–Trinajstić information content (AvgIpc) is 3.83. The minimum absolute atomic E-state index is 0.0795. The van der Waals surface area contributed by atoms with Crippen LogP contribution in [0.1, 0.15) is 25.0 Å². The van der Waals surface area contributed by atoms with Crippen molar-refractivity contribution in [3.63, 3.8) is 0 Å². The molecule has 1 aliphatic rings. The Morgan fingerprint density at radius 3 is 2.06 bits per heavy atom. The summed E-state index contributed by atoms with van der Waals surface area (Å²) in [6, 6.07) is 50.5. The summed E-state index contributed by atoms with van der Waals surface area (Å²) in [6.07, 6.45) is 1.85.